The molecule has 0 N–H and O–H groups in total. The molecule has 1 aromatic heterocycles. The number of carbonyl (C=O) groups is 1. The van der Waals surface area contributed by atoms with Crippen LogP contribution in [-0.4, -0.2) is 24.5 Å². The van der Waals surface area contributed by atoms with Crippen LogP contribution in [0.15, 0.2) is 69.6 Å². The number of likely N-dealkylation sites (tertiary alicyclic amines) is 1. The molecule has 1 amide bonds. The van der Waals surface area contributed by atoms with E-state index in [1.165, 1.54) is 0 Å². The number of methoxy groups -OCH3 is 1. The number of benzene rings is 2. The van der Waals surface area contributed by atoms with Crippen molar-refractivity contribution in [1.29, 1.82) is 0 Å². The van der Waals surface area contributed by atoms with Crippen LogP contribution in [0.3, 0.4) is 0 Å². The van der Waals surface area contributed by atoms with Gasteiger partial charge < -0.3 is 18.8 Å². The molecule has 1 saturated heterocycles. The molecule has 1 aliphatic heterocycles. The number of amides is 1. The second-order valence-corrected chi connectivity index (χ2v) is 7.83. The minimum atomic E-state index is -0.0870. The van der Waals surface area contributed by atoms with Crippen molar-refractivity contribution in [3.05, 3.63) is 82.2 Å². The van der Waals surface area contributed by atoms with E-state index in [0.29, 0.717) is 23.0 Å². The maximum atomic E-state index is 13.1. The van der Waals surface area contributed by atoms with Crippen LogP contribution in [0.25, 0.3) is 0 Å². The van der Waals surface area contributed by atoms with Gasteiger partial charge in [0.05, 0.1) is 13.2 Å². The zero-order valence-corrected chi connectivity index (χ0v) is 17.7. The Kier molecular flexibility index (Phi) is 5.90. The maximum absolute atomic E-state index is 13.1. The van der Waals surface area contributed by atoms with E-state index in [9.17, 15) is 4.79 Å². The number of furan rings is 1. The van der Waals surface area contributed by atoms with Crippen molar-refractivity contribution in [2.45, 2.75) is 25.5 Å². The van der Waals surface area contributed by atoms with E-state index >= 15 is 0 Å². The number of nitrogens with zero attached hydrogens (tertiary/aromatic N) is 1. The number of halogens is 1. The van der Waals surface area contributed by atoms with Crippen molar-refractivity contribution in [3.63, 3.8) is 0 Å². The molecule has 0 aliphatic carbocycles. The first-order chi connectivity index (χ1) is 14.2. The van der Waals surface area contributed by atoms with Gasteiger partial charge in [-0.2, -0.15) is 0 Å². The van der Waals surface area contributed by atoms with Gasteiger partial charge in [-0.3, -0.25) is 4.79 Å². The molecule has 5 nitrogen and oxygen atoms in total. The van der Waals surface area contributed by atoms with Crippen LogP contribution in [0.1, 0.15) is 40.8 Å². The van der Waals surface area contributed by atoms with E-state index in [1.807, 2.05) is 41.3 Å². The van der Waals surface area contributed by atoms with Crippen LogP contribution >= 0.6 is 15.9 Å². The summed E-state index contributed by atoms with van der Waals surface area (Å²) in [6.45, 7) is 0.951. The minimum Gasteiger partial charge on any atom is -0.493 e. The highest BCUT2D eigenvalue weighted by Crippen LogP contribution is 2.34. The van der Waals surface area contributed by atoms with E-state index in [2.05, 4.69) is 28.1 Å². The smallest absolute Gasteiger partial charge is 0.290 e. The molecule has 0 spiro atoms. The molecule has 1 atom stereocenters. The fourth-order valence-corrected chi connectivity index (χ4v) is 4.09. The molecule has 29 heavy (non-hydrogen) atoms. The predicted octanol–water partition coefficient (Wildman–Crippen LogP) is 5.61. The predicted molar refractivity (Wildman–Crippen MR) is 113 cm³/mol. The minimum absolute atomic E-state index is 0.0679. The highest BCUT2D eigenvalue weighted by atomic mass is 79.9. The number of hydrogen-bond donors (Lipinski definition) is 0. The molecule has 1 unspecified atom stereocenters. The first-order valence-electron chi connectivity index (χ1n) is 9.56. The van der Waals surface area contributed by atoms with Crippen molar-refractivity contribution < 1.29 is 18.7 Å². The maximum Gasteiger partial charge on any atom is 0.290 e. The second kappa shape index (κ2) is 8.74. The molecule has 2 aromatic carbocycles. The first-order valence-corrected chi connectivity index (χ1v) is 10.4. The summed E-state index contributed by atoms with van der Waals surface area (Å²) in [6.07, 6.45) is 1.93. The normalized spacial score (nSPS) is 16.1. The number of rotatable bonds is 6. The summed E-state index contributed by atoms with van der Waals surface area (Å²) in [5, 5.41) is 0. The third-order valence-corrected chi connectivity index (χ3v) is 5.55. The molecule has 0 saturated carbocycles. The van der Waals surface area contributed by atoms with Crippen LogP contribution < -0.4 is 9.47 Å². The molecule has 1 aliphatic rings. The van der Waals surface area contributed by atoms with E-state index in [1.54, 1.807) is 19.2 Å². The third kappa shape index (κ3) is 4.32. The molecule has 3 aromatic rings. The van der Waals surface area contributed by atoms with Crippen molar-refractivity contribution in [2.24, 2.45) is 0 Å². The molecular weight excluding hydrogens is 434 g/mol. The van der Waals surface area contributed by atoms with E-state index in [4.69, 9.17) is 13.9 Å². The Hall–Kier alpha value is -2.73. The zero-order chi connectivity index (χ0) is 20.2. The summed E-state index contributed by atoms with van der Waals surface area (Å²) in [6, 6.07) is 19.1. The summed E-state index contributed by atoms with van der Waals surface area (Å²) in [5.74, 6) is 2.14. The quantitative estimate of drug-likeness (QED) is 0.484. The molecule has 4 rings (SSSR count). The number of ether oxygens (including phenoxy) is 2. The lowest BCUT2D eigenvalue weighted by atomic mass is 10.0. The van der Waals surface area contributed by atoms with Gasteiger partial charge >= 0.3 is 0 Å². The highest BCUT2D eigenvalue weighted by Gasteiger charge is 2.32. The van der Waals surface area contributed by atoms with Crippen LogP contribution in [0.5, 0.6) is 11.5 Å². The molecule has 0 bridgehead atoms. The van der Waals surface area contributed by atoms with E-state index in [0.717, 1.165) is 29.4 Å². The van der Waals surface area contributed by atoms with Crippen molar-refractivity contribution in [1.82, 2.24) is 4.90 Å². The molecule has 1 fully saturated rings. The summed E-state index contributed by atoms with van der Waals surface area (Å²) >= 11 is 3.52. The molecule has 6 heteroatoms. The van der Waals surface area contributed by atoms with Gasteiger partial charge in [0.25, 0.3) is 5.91 Å². The number of hydrogen-bond acceptors (Lipinski definition) is 4. The van der Waals surface area contributed by atoms with Gasteiger partial charge in [0.1, 0.15) is 12.4 Å². The van der Waals surface area contributed by atoms with Gasteiger partial charge in [0.2, 0.25) is 0 Å². The summed E-state index contributed by atoms with van der Waals surface area (Å²) < 4.78 is 17.9. The van der Waals surface area contributed by atoms with E-state index in [-0.39, 0.29) is 18.6 Å². The van der Waals surface area contributed by atoms with Gasteiger partial charge in [-0.05, 0) is 54.8 Å². The lowest BCUT2D eigenvalue weighted by Crippen LogP contribution is -2.30. The van der Waals surface area contributed by atoms with Crippen molar-refractivity contribution >= 4 is 21.8 Å². The van der Waals surface area contributed by atoms with Crippen LogP contribution in [0.2, 0.25) is 0 Å². The Morgan fingerprint density at radius 3 is 2.76 bits per heavy atom. The second-order valence-electron chi connectivity index (χ2n) is 6.92. The van der Waals surface area contributed by atoms with E-state index < -0.39 is 0 Å². The average molecular weight is 456 g/mol. The zero-order valence-electron chi connectivity index (χ0n) is 16.1. The topological polar surface area (TPSA) is 51.9 Å². The Morgan fingerprint density at radius 1 is 1.14 bits per heavy atom. The largest absolute Gasteiger partial charge is 0.493 e. The van der Waals surface area contributed by atoms with Gasteiger partial charge in [-0.1, -0.05) is 40.2 Å². The SMILES string of the molecule is COc1ccccc1OCc1ccc(C(=O)N2CCCC2c2cccc(Br)c2)o1. The van der Waals surface area contributed by atoms with Crippen molar-refractivity contribution in [3.8, 4) is 11.5 Å². The number of carbonyl (C=O) groups excluding carboxylic acids is 1. The van der Waals surface area contributed by atoms with Crippen molar-refractivity contribution in [2.75, 3.05) is 13.7 Å². The average Bonchev–Trinajstić information content (AvgIpc) is 3.42. The Morgan fingerprint density at radius 2 is 1.97 bits per heavy atom. The molecule has 2 heterocycles. The molecule has 150 valence electrons. The van der Waals surface area contributed by atoms with Gasteiger partial charge in [-0.15, -0.1) is 0 Å². The van der Waals surface area contributed by atoms with Gasteiger partial charge in [0.15, 0.2) is 17.3 Å². The lowest BCUT2D eigenvalue weighted by molar-refractivity contribution is 0.0699. The first kappa shape index (κ1) is 19.6. The standard InChI is InChI=1S/C23H22BrNO4/c1-27-20-9-2-3-10-21(20)28-15-18-11-12-22(29-18)23(26)25-13-5-8-19(25)16-6-4-7-17(24)14-16/h2-4,6-7,9-12,14,19H,5,8,13,15H2,1H3. The summed E-state index contributed by atoms with van der Waals surface area (Å²) in [5.41, 5.74) is 1.14. The Bertz CT molecular complexity index is 1000. The third-order valence-electron chi connectivity index (χ3n) is 5.06. The number of para-hydroxylation sites is 2. The molecular formula is C23H22BrNO4. The fourth-order valence-electron chi connectivity index (χ4n) is 3.67. The van der Waals surface area contributed by atoms with Crippen LogP contribution in [0.4, 0.5) is 0 Å². The summed E-state index contributed by atoms with van der Waals surface area (Å²) in [7, 11) is 1.60. The summed E-state index contributed by atoms with van der Waals surface area (Å²) in [4.78, 5) is 15.0. The van der Waals surface area contributed by atoms with Crippen LogP contribution in [-0.2, 0) is 6.61 Å². The Labute approximate surface area is 178 Å². The van der Waals surface area contributed by atoms with Gasteiger partial charge in [0, 0.05) is 11.0 Å². The highest BCUT2D eigenvalue weighted by molar-refractivity contribution is 9.10. The lowest BCUT2D eigenvalue weighted by Gasteiger charge is -2.24. The van der Waals surface area contributed by atoms with Crippen LogP contribution in [0, 0.1) is 0 Å². The fraction of sp³-hybridized carbons (Fsp3) is 0.261. The monoisotopic (exact) mass is 455 g/mol. The Balaban J connectivity index is 1.45. The van der Waals surface area contributed by atoms with Gasteiger partial charge in [-0.25, -0.2) is 0 Å². The molecule has 0 radical (unpaired) electrons.